The minimum Gasteiger partial charge on any atom is -0.454 e. The average Bonchev–Trinajstić information content (AvgIpc) is 3.45. The third kappa shape index (κ3) is 6.47. The summed E-state index contributed by atoms with van der Waals surface area (Å²) in [6.45, 7) is 0.650. The van der Waals surface area contributed by atoms with Gasteiger partial charge in [0.25, 0.3) is 5.60 Å². The van der Waals surface area contributed by atoms with Crippen molar-refractivity contribution in [2.75, 3.05) is 13.7 Å². The van der Waals surface area contributed by atoms with Gasteiger partial charge in [0.2, 0.25) is 0 Å². The molecule has 0 spiro atoms. The molecule has 166 valence electrons. The predicted molar refractivity (Wildman–Crippen MR) is 105 cm³/mol. The second-order valence-corrected chi connectivity index (χ2v) is 6.66. The zero-order chi connectivity index (χ0) is 22.3. The van der Waals surface area contributed by atoms with Crippen molar-refractivity contribution in [3.63, 3.8) is 0 Å². The number of hydrogen-bond acceptors (Lipinski definition) is 4. The van der Waals surface area contributed by atoms with E-state index >= 15 is 0 Å². The SMILES string of the molecule is CO[C@](C(=O)O[C@@](C)(CO)[C]1[CH][CH][CH][CH]1)(c1ccccc1)C(F)(F)F.[CH]1[CH][CH][CH][CH]1.[Fe+2]. The largest absolute Gasteiger partial charge is 2.00 e. The van der Waals surface area contributed by atoms with E-state index < -0.39 is 35.5 Å². The molecule has 0 aromatic heterocycles. The summed E-state index contributed by atoms with van der Waals surface area (Å²) in [6.07, 6.45) is 11.3. The van der Waals surface area contributed by atoms with E-state index in [1.165, 1.54) is 25.1 Å². The molecule has 3 rings (SSSR count). The van der Waals surface area contributed by atoms with Crippen LogP contribution in [0.2, 0.25) is 0 Å². The molecule has 0 saturated heterocycles. The summed E-state index contributed by atoms with van der Waals surface area (Å²) in [4.78, 5) is 12.6. The van der Waals surface area contributed by atoms with E-state index in [4.69, 9.17) is 4.74 Å². The van der Waals surface area contributed by atoms with Crippen molar-refractivity contribution in [2.24, 2.45) is 0 Å². The number of aliphatic hydroxyl groups is 1. The van der Waals surface area contributed by atoms with Gasteiger partial charge in [-0.2, -0.15) is 13.2 Å². The average molecular weight is 476 g/mol. The molecule has 2 fully saturated rings. The van der Waals surface area contributed by atoms with Crippen molar-refractivity contribution < 1.29 is 49.6 Å². The number of hydrogen-bond donors (Lipinski definition) is 1. The topological polar surface area (TPSA) is 55.8 Å². The standard InChI is InChI=1S/C18H18F3O4.C5H5.Fe/c1-16(12-22,13-8-6-7-9-13)25-15(23)17(24-2,18(19,20)21)14-10-4-3-5-11-14;1-2-4-5-3-1;/h3-11,22H,12H2,1-2H3;1-5H;/q;;+2/t16-,17-;;/m0../s1. The molecule has 2 aliphatic carbocycles. The molecule has 1 aromatic rings. The molecule has 1 aromatic carbocycles. The van der Waals surface area contributed by atoms with E-state index in [9.17, 15) is 23.1 Å². The molecule has 4 nitrogen and oxygen atoms in total. The quantitative estimate of drug-likeness (QED) is 0.502. The summed E-state index contributed by atoms with van der Waals surface area (Å²) >= 11 is 0. The molecule has 2 saturated carbocycles. The van der Waals surface area contributed by atoms with Gasteiger partial charge in [-0.1, -0.05) is 30.3 Å². The van der Waals surface area contributed by atoms with Gasteiger partial charge in [0, 0.05) is 18.6 Å². The molecule has 0 amide bonds. The summed E-state index contributed by atoms with van der Waals surface area (Å²) in [6, 6.07) is 6.52. The first-order chi connectivity index (χ1) is 14.2. The molecule has 0 heterocycles. The van der Waals surface area contributed by atoms with Crippen molar-refractivity contribution in [2.45, 2.75) is 24.3 Å². The fraction of sp³-hybridized carbons (Fsp3) is 0.261. The number of ether oxygens (including phenoxy) is 2. The molecule has 31 heavy (non-hydrogen) atoms. The zero-order valence-corrected chi connectivity index (χ0v) is 18.1. The fourth-order valence-electron chi connectivity index (χ4n) is 2.89. The molecular weight excluding hydrogens is 453 g/mol. The Balaban J connectivity index is 0.000000701. The number of halogens is 3. The van der Waals surface area contributed by atoms with Gasteiger partial charge in [-0.15, -0.1) is 0 Å². The Labute approximate surface area is 193 Å². The van der Waals surface area contributed by atoms with Crippen LogP contribution in [0.25, 0.3) is 0 Å². The van der Waals surface area contributed by atoms with Gasteiger partial charge in [0.15, 0.2) is 0 Å². The predicted octanol–water partition coefficient (Wildman–Crippen LogP) is 3.81. The Morgan fingerprint density at radius 2 is 1.42 bits per heavy atom. The Bertz CT molecular complexity index is 653. The number of benzene rings is 1. The fourth-order valence-corrected chi connectivity index (χ4v) is 2.89. The Hall–Kier alpha value is -1.08. The van der Waals surface area contributed by atoms with Gasteiger partial charge in [0.1, 0.15) is 5.60 Å². The van der Waals surface area contributed by atoms with E-state index in [2.05, 4.69) is 4.74 Å². The van der Waals surface area contributed by atoms with E-state index in [0.29, 0.717) is 5.92 Å². The van der Waals surface area contributed by atoms with Crippen LogP contribution in [0.5, 0.6) is 0 Å². The van der Waals surface area contributed by atoms with E-state index in [-0.39, 0.29) is 17.1 Å². The number of carbonyl (C=O) groups is 1. The molecule has 8 heteroatoms. The molecule has 10 radical (unpaired) electrons. The van der Waals surface area contributed by atoms with Crippen LogP contribution in [-0.4, -0.2) is 36.6 Å². The summed E-state index contributed by atoms with van der Waals surface area (Å²) in [7, 11) is 0.792. The van der Waals surface area contributed by atoms with Crippen LogP contribution in [0.1, 0.15) is 12.5 Å². The van der Waals surface area contributed by atoms with Gasteiger partial charge in [-0.3, -0.25) is 0 Å². The summed E-state index contributed by atoms with van der Waals surface area (Å²) < 4.78 is 51.3. The van der Waals surface area contributed by atoms with Crippen LogP contribution in [0.15, 0.2) is 30.3 Å². The first-order valence-corrected chi connectivity index (χ1v) is 9.12. The molecule has 2 atom stereocenters. The van der Waals surface area contributed by atoms with Gasteiger partial charge in [0.05, 0.1) is 6.61 Å². The third-order valence-electron chi connectivity index (χ3n) is 4.62. The minimum absolute atomic E-state index is 0. The van der Waals surface area contributed by atoms with Crippen LogP contribution in [0.4, 0.5) is 13.2 Å². The van der Waals surface area contributed by atoms with Crippen LogP contribution in [-0.2, 0) is 36.9 Å². The van der Waals surface area contributed by atoms with Crippen molar-refractivity contribution in [1.29, 1.82) is 0 Å². The first-order valence-electron chi connectivity index (χ1n) is 9.12. The van der Waals surface area contributed by atoms with Crippen LogP contribution < -0.4 is 0 Å². The molecule has 0 aliphatic heterocycles. The second kappa shape index (κ2) is 12.2. The summed E-state index contributed by atoms with van der Waals surface area (Å²) in [5, 5.41) is 9.62. The van der Waals surface area contributed by atoms with Gasteiger partial charge in [-0.05, 0) is 64.7 Å². The minimum atomic E-state index is -5.07. The van der Waals surface area contributed by atoms with Crippen molar-refractivity contribution >= 4 is 5.97 Å². The zero-order valence-electron chi connectivity index (χ0n) is 16.9. The van der Waals surface area contributed by atoms with E-state index in [1.807, 2.05) is 32.1 Å². The van der Waals surface area contributed by atoms with E-state index in [0.717, 1.165) is 19.2 Å². The molecule has 0 unspecified atom stereocenters. The Morgan fingerprint density at radius 3 is 1.81 bits per heavy atom. The number of esters is 1. The first kappa shape index (κ1) is 28.0. The van der Waals surface area contributed by atoms with Gasteiger partial charge in [-0.25, -0.2) is 4.79 Å². The van der Waals surface area contributed by atoms with Crippen LogP contribution in [0.3, 0.4) is 0 Å². The Morgan fingerprint density at radius 1 is 0.935 bits per heavy atom. The maximum Gasteiger partial charge on any atom is 2.00 e. The third-order valence-corrected chi connectivity index (χ3v) is 4.62. The van der Waals surface area contributed by atoms with Gasteiger partial charge >= 0.3 is 29.2 Å². The second-order valence-electron chi connectivity index (χ2n) is 6.66. The number of carbonyl (C=O) groups excluding carboxylic acids is 1. The maximum atomic E-state index is 13.8. The van der Waals surface area contributed by atoms with Crippen LogP contribution >= 0.6 is 0 Å². The summed E-state index contributed by atoms with van der Waals surface area (Å²) in [5.41, 5.74) is -5.33. The number of alkyl halides is 3. The smallest absolute Gasteiger partial charge is 0.454 e. The maximum absolute atomic E-state index is 13.8. The Kier molecular flexibility index (Phi) is 11.0. The van der Waals surface area contributed by atoms with Crippen molar-refractivity contribution in [1.82, 2.24) is 0 Å². The van der Waals surface area contributed by atoms with Crippen molar-refractivity contribution in [3.8, 4) is 0 Å². The van der Waals surface area contributed by atoms with Gasteiger partial charge < -0.3 is 14.6 Å². The normalized spacial score (nSPS) is 20.6. The monoisotopic (exact) mass is 476 g/mol. The molecule has 1 N–H and O–H groups in total. The number of aliphatic hydroxyl groups excluding tert-OH is 1. The molecule has 2 aliphatic rings. The molecule has 0 bridgehead atoms. The summed E-state index contributed by atoms with van der Waals surface area (Å²) in [5.74, 6) is -1.27. The number of methoxy groups -OCH3 is 1. The van der Waals surface area contributed by atoms with Crippen molar-refractivity contribution in [3.05, 3.63) is 99.6 Å². The van der Waals surface area contributed by atoms with E-state index in [1.54, 1.807) is 25.7 Å². The molecular formula is C23H23F3FeO4+2. The van der Waals surface area contributed by atoms with Crippen LogP contribution in [0, 0.1) is 63.7 Å². The number of rotatable bonds is 6.